The number of aryl methyl sites for hydroxylation is 1. The first kappa shape index (κ1) is 4.30. The van der Waals surface area contributed by atoms with Crippen LogP contribution in [0.3, 0.4) is 0 Å². The van der Waals surface area contributed by atoms with Crippen LogP contribution in [0.4, 0.5) is 5.69 Å². The van der Waals surface area contributed by atoms with E-state index < -0.39 is 20.3 Å². The molecule has 0 aliphatic carbocycles. The summed E-state index contributed by atoms with van der Waals surface area (Å²) in [6.45, 7) is -2.82. The third-order valence-electron chi connectivity index (χ3n) is 1.51. The molecule has 0 unspecified atom stereocenters. The van der Waals surface area contributed by atoms with Crippen LogP contribution in [-0.2, 0) is 6.37 Å². The van der Waals surface area contributed by atoms with Gasteiger partial charge in [0.15, 0.2) is 0 Å². The standard InChI is InChI=1S/C8H12BNO2/c1-2-6-3-4-7(9(11)12)8(10)5-6/h3-5,11-12H,2,10H2,1H3/i1D3,2D2. The van der Waals surface area contributed by atoms with Gasteiger partial charge in [0.2, 0.25) is 0 Å². The second kappa shape index (κ2) is 3.60. The van der Waals surface area contributed by atoms with Gasteiger partial charge in [0.25, 0.3) is 0 Å². The van der Waals surface area contributed by atoms with Crippen molar-refractivity contribution in [3.05, 3.63) is 23.8 Å². The van der Waals surface area contributed by atoms with Crippen molar-refractivity contribution in [1.82, 2.24) is 0 Å². The fourth-order valence-electron chi connectivity index (χ4n) is 0.888. The largest absolute Gasteiger partial charge is 0.490 e. The highest BCUT2D eigenvalue weighted by atomic mass is 16.4. The van der Waals surface area contributed by atoms with Gasteiger partial charge in [-0.15, -0.1) is 0 Å². The Hall–Kier alpha value is -0.995. The average Bonchev–Trinajstić information content (AvgIpc) is 2.14. The molecule has 64 valence electrons. The molecule has 1 aromatic carbocycles. The Bertz CT molecular complexity index is 421. The van der Waals surface area contributed by atoms with Crippen molar-refractivity contribution >= 4 is 18.3 Å². The summed E-state index contributed by atoms with van der Waals surface area (Å²) in [6.07, 6.45) is -2.54. The molecule has 4 N–H and O–H groups in total. The number of hydrogen-bond donors (Lipinski definition) is 3. The minimum absolute atomic E-state index is 0.00934. The molecule has 1 aromatic rings. The van der Waals surface area contributed by atoms with Gasteiger partial charge in [0.1, 0.15) is 0 Å². The zero-order valence-electron chi connectivity index (χ0n) is 11.3. The van der Waals surface area contributed by atoms with Crippen LogP contribution in [0.1, 0.15) is 19.3 Å². The maximum absolute atomic E-state index is 8.93. The molecule has 0 atom stereocenters. The summed E-state index contributed by atoms with van der Waals surface area (Å²) >= 11 is 0. The average molecular weight is 170 g/mol. The van der Waals surface area contributed by atoms with Crippen molar-refractivity contribution in [2.45, 2.75) is 13.2 Å². The zero-order chi connectivity index (χ0) is 13.4. The maximum Gasteiger partial charge on any atom is 0.490 e. The Morgan fingerprint density at radius 3 is 2.92 bits per heavy atom. The summed E-state index contributed by atoms with van der Waals surface area (Å²) in [5, 5.41) is 17.9. The Labute approximate surface area is 79.0 Å². The van der Waals surface area contributed by atoms with Crippen molar-refractivity contribution in [2.24, 2.45) is 0 Å². The fraction of sp³-hybridized carbons (Fsp3) is 0.250. The highest BCUT2D eigenvalue weighted by Gasteiger charge is 2.13. The monoisotopic (exact) mass is 170 g/mol. The van der Waals surface area contributed by atoms with Crippen molar-refractivity contribution in [2.75, 3.05) is 5.73 Å². The summed E-state index contributed by atoms with van der Waals surface area (Å²) in [5.41, 5.74) is 5.31. The third-order valence-corrected chi connectivity index (χ3v) is 1.51. The lowest BCUT2D eigenvalue weighted by atomic mass is 9.78. The van der Waals surface area contributed by atoms with Crippen LogP contribution in [0.2, 0.25) is 0 Å². The van der Waals surface area contributed by atoms with Crippen LogP contribution >= 0.6 is 0 Å². The number of nitrogens with two attached hydrogens (primary N) is 1. The van der Waals surface area contributed by atoms with Gasteiger partial charge < -0.3 is 15.8 Å². The third kappa shape index (κ3) is 1.78. The van der Waals surface area contributed by atoms with E-state index in [0.29, 0.717) is 0 Å². The van der Waals surface area contributed by atoms with Gasteiger partial charge in [-0.2, -0.15) is 0 Å². The van der Waals surface area contributed by atoms with Crippen LogP contribution in [0.25, 0.3) is 0 Å². The van der Waals surface area contributed by atoms with E-state index in [0.717, 1.165) is 6.07 Å². The Morgan fingerprint density at radius 1 is 1.67 bits per heavy atom. The minimum atomic E-state index is -2.82. The van der Waals surface area contributed by atoms with Crippen LogP contribution in [-0.4, -0.2) is 17.2 Å². The number of rotatable bonds is 2. The normalized spacial score (nSPS) is 18.3. The van der Waals surface area contributed by atoms with Gasteiger partial charge in [0, 0.05) is 18.0 Å². The first-order chi connectivity index (χ1) is 7.57. The SMILES string of the molecule is [2H]C([2H])([2H])C([2H])([2H])c1ccc(B(O)O)c(N)c1. The Morgan fingerprint density at radius 2 is 2.42 bits per heavy atom. The molecule has 0 aliphatic heterocycles. The van der Waals surface area contributed by atoms with E-state index in [-0.39, 0.29) is 16.7 Å². The quantitative estimate of drug-likeness (QED) is 0.414. The Kier molecular flexibility index (Phi) is 1.29. The summed E-state index contributed by atoms with van der Waals surface area (Å²) in [6, 6.07) is 3.47. The lowest BCUT2D eigenvalue weighted by Crippen LogP contribution is -2.32. The highest BCUT2D eigenvalue weighted by molar-refractivity contribution is 6.60. The topological polar surface area (TPSA) is 66.5 Å². The van der Waals surface area contributed by atoms with Gasteiger partial charge in [-0.1, -0.05) is 19.0 Å². The van der Waals surface area contributed by atoms with E-state index in [9.17, 15) is 0 Å². The van der Waals surface area contributed by atoms with Gasteiger partial charge in [-0.05, 0) is 18.0 Å². The number of hydrogen-bond acceptors (Lipinski definition) is 3. The number of anilines is 1. The molecule has 1 rings (SSSR count). The molecule has 0 bridgehead atoms. The second-order valence-corrected chi connectivity index (χ2v) is 2.34. The smallest absolute Gasteiger partial charge is 0.423 e. The van der Waals surface area contributed by atoms with Crippen molar-refractivity contribution in [1.29, 1.82) is 0 Å². The molecular weight excluding hydrogens is 153 g/mol. The Balaban J connectivity index is 3.23. The van der Waals surface area contributed by atoms with E-state index in [1.807, 2.05) is 0 Å². The fourth-order valence-corrected chi connectivity index (χ4v) is 0.888. The van der Waals surface area contributed by atoms with Crippen LogP contribution in [0, 0.1) is 0 Å². The molecule has 4 heteroatoms. The summed E-state index contributed by atoms with van der Waals surface area (Å²) < 4.78 is 36.3. The summed E-state index contributed by atoms with van der Waals surface area (Å²) in [5.74, 6) is 0. The lowest BCUT2D eigenvalue weighted by Gasteiger charge is -2.05. The maximum atomic E-state index is 8.93. The molecule has 0 heterocycles. The van der Waals surface area contributed by atoms with Crippen molar-refractivity contribution in [3.8, 4) is 0 Å². The van der Waals surface area contributed by atoms with E-state index >= 15 is 0 Å². The molecular formula is C8H12BNO2. The summed E-state index contributed by atoms with van der Waals surface area (Å²) in [4.78, 5) is 0. The highest BCUT2D eigenvalue weighted by Crippen LogP contribution is 2.05. The van der Waals surface area contributed by atoms with Gasteiger partial charge >= 0.3 is 7.12 Å². The first-order valence-electron chi connectivity index (χ1n) is 5.83. The van der Waals surface area contributed by atoms with Gasteiger partial charge in [-0.3, -0.25) is 0 Å². The molecule has 0 amide bonds. The molecule has 0 radical (unpaired) electrons. The minimum Gasteiger partial charge on any atom is -0.423 e. The predicted molar refractivity (Wildman–Crippen MR) is 50.1 cm³/mol. The van der Waals surface area contributed by atoms with Gasteiger partial charge in [-0.25, -0.2) is 0 Å². The van der Waals surface area contributed by atoms with E-state index in [1.54, 1.807) is 0 Å². The van der Waals surface area contributed by atoms with Crippen LogP contribution in [0.5, 0.6) is 0 Å². The lowest BCUT2D eigenvalue weighted by molar-refractivity contribution is 0.426. The van der Waals surface area contributed by atoms with Crippen molar-refractivity contribution in [3.63, 3.8) is 0 Å². The van der Waals surface area contributed by atoms with E-state index in [4.69, 9.17) is 22.6 Å². The number of nitrogen functional groups attached to an aromatic ring is 1. The molecule has 0 spiro atoms. The van der Waals surface area contributed by atoms with Crippen molar-refractivity contribution < 1.29 is 16.9 Å². The van der Waals surface area contributed by atoms with Crippen LogP contribution in [0.15, 0.2) is 18.2 Å². The van der Waals surface area contributed by atoms with E-state index in [2.05, 4.69) is 0 Å². The predicted octanol–water partition coefficient (Wildman–Crippen LogP) is -0.489. The molecule has 0 saturated heterocycles. The van der Waals surface area contributed by atoms with Gasteiger partial charge in [0.05, 0.1) is 0 Å². The zero-order valence-corrected chi connectivity index (χ0v) is 6.28. The van der Waals surface area contributed by atoms with E-state index in [1.165, 1.54) is 12.1 Å². The van der Waals surface area contributed by atoms with Crippen LogP contribution < -0.4 is 11.2 Å². The summed E-state index contributed by atoms with van der Waals surface area (Å²) in [7, 11) is -1.78. The first-order valence-corrected chi connectivity index (χ1v) is 3.33. The molecule has 0 fully saturated rings. The molecule has 0 aliphatic rings. The molecule has 12 heavy (non-hydrogen) atoms. The molecule has 0 aromatic heterocycles. The molecule has 3 nitrogen and oxygen atoms in total. The number of benzene rings is 1. The molecule has 0 saturated carbocycles. The second-order valence-electron chi connectivity index (χ2n) is 2.34.